The number of benzene rings is 2. The molecule has 3 fully saturated rings. The molecule has 7 rings (SSSR count). The number of anilines is 1. The molecule has 0 bridgehead atoms. The summed E-state index contributed by atoms with van der Waals surface area (Å²) in [7, 11) is 1.76. The molecule has 2 aliphatic heterocycles. The zero-order chi connectivity index (χ0) is 30.1. The fourth-order valence-electron chi connectivity index (χ4n) is 7.60. The molecule has 8 heteroatoms. The summed E-state index contributed by atoms with van der Waals surface area (Å²) < 4.78 is 11.7. The molecule has 0 unspecified atom stereocenters. The standard InChI is InChI=1S/C36H43N5O3/c1-3-27-18-26(4-7-33(27)43-2)24-39-14-16-41(17-15-39)31-21-36(22-31)9-12-40(13-10-36)30-6-5-29(25-42)34(20-30)44-32-19-28-8-11-37-35(28)38-23-32/h4-8,11,18-20,23,25,31H,3,9-10,12-17,21-22,24H2,1-2H3,(H,37,38). The number of H-pyrrole nitrogens is 1. The SMILES string of the molecule is CCc1cc(CN2CCN(C3CC4(CCN(c5ccc(C=O)c(Oc6cnc7[nH]ccc7c6)c5)CC4)C3)CC2)ccc1OC. The molecule has 2 aromatic heterocycles. The van der Waals surface area contributed by atoms with E-state index in [-0.39, 0.29) is 0 Å². The van der Waals surface area contributed by atoms with Crippen LogP contribution in [0.2, 0.25) is 0 Å². The Labute approximate surface area is 260 Å². The minimum Gasteiger partial charge on any atom is -0.496 e. The van der Waals surface area contributed by atoms with E-state index < -0.39 is 0 Å². The van der Waals surface area contributed by atoms with Crippen molar-refractivity contribution in [3.8, 4) is 17.2 Å². The summed E-state index contributed by atoms with van der Waals surface area (Å²) in [4.78, 5) is 27.1. The Morgan fingerprint density at radius 1 is 0.977 bits per heavy atom. The molecule has 1 spiro atoms. The lowest BCUT2D eigenvalue weighted by molar-refractivity contribution is -0.0355. The molecule has 4 aromatic rings. The van der Waals surface area contributed by atoms with Crippen molar-refractivity contribution in [3.05, 3.63) is 77.6 Å². The van der Waals surface area contributed by atoms with Crippen LogP contribution in [0, 0.1) is 5.41 Å². The molecule has 2 saturated heterocycles. The predicted octanol–water partition coefficient (Wildman–Crippen LogP) is 6.31. The van der Waals surface area contributed by atoms with Gasteiger partial charge in [0.15, 0.2) is 6.29 Å². The van der Waals surface area contributed by atoms with E-state index in [9.17, 15) is 4.79 Å². The minimum atomic E-state index is 0.484. The normalized spacial score (nSPS) is 19.3. The second kappa shape index (κ2) is 12.3. The van der Waals surface area contributed by atoms with Crippen LogP contribution >= 0.6 is 0 Å². The maximum absolute atomic E-state index is 11.8. The number of piperazine rings is 1. The van der Waals surface area contributed by atoms with Gasteiger partial charge in [0.1, 0.15) is 22.9 Å². The fourth-order valence-corrected chi connectivity index (χ4v) is 7.60. The molecular formula is C36H43N5O3. The topological polar surface area (TPSA) is 73.9 Å². The number of carbonyl (C=O) groups excluding carboxylic acids is 1. The number of hydrogen-bond donors (Lipinski definition) is 1. The first-order valence-corrected chi connectivity index (χ1v) is 16.1. The molecule has 8 nitrogen and oxygen atoms in total. The summed E-state index contributed by atoms with van der Waals surface area (Å²) in [6.07, 6.45) is 10.5. The van der Waals surface area contributed by atoms with Gasteiger partial charge < -0.3 is 19.4 Å². The lowest BCUT2D eigenvalue weighted by Crippen LogP contribution is -2.59. The molecule has 2 aromatic carbocycles. The highest BCUT2D eigenvalue weighted by atomic mass is 16.5. The van der Waals surface area contributed by atoms with Crippen LogP contribution in [0.4, 0.5) is 5.69 Å². The maximum Gasteiger partial charge on any atom is 0.153 e. The highest BCUT2D eigenvalue weighted by Crippen LogP contribution is 2.51. The maximum atomic E-state index is 11.8. The third kappa shape index (κ3) is 5.81. The van der Waals surface area contributed by atoms with Crippen LogP contribution in [0.25, 0.3) is 11.0 Å². The molecule has 1 N–H and O–H groups in total. The van der Waals surface area contributed by atoms with Gasteiger partial charge in [-0.3, -0.25) is 14.6 Å². The number of nitrogens with one attached hydrogen (secondary N) is 1. The van der Waals surface area contributed by atoms with Crippen LogP contribution in [0.15, 0.2) is 60.9 Å². The Kier molecular flexibility index (Phi) is 8.04. The number of fused-ring (bicyclic) bond motifs is 1. The Morgan fingerprint density at radius 3 is 2.55 bits per heavy atom. The summed E-state index contributed by atoms with van der Waals surface area (Å²) in [6, 6.07) is 17.3. The number of aromatic nitrogens is 2. The lowest BCUT2D eigenvalue weighted by atomic mass is 9.60. The van der Waals surface area contributed by atoms with Crippen LogP contribution in [0.3, 0.4) is 0 Å². The number of aromatic amines is 1. The van der Waals surface area contributed by atoms with Crippen molar-refractivity contribution in [3.63, 3.8) is 0 Å². The van der Waals surface area contributed by atoms with E-state index in [1.807, 2.05) is 30.5 Å². The van der Waals surface area contributed by atoms with Gasteiger partial charge in [0.2, 0.25) is 0 Å². The van der Waals surface area contributed by atoms with Gasteiger partial charge in [-0.05, 0) is 79.0 Å². The van der Waals surface area contributed by atoms with Gasteiger partial charge in [0.05, 0.1) is 18.9 Å². The number of aldehydes is 1. The molecule has 0 atom stereocenters. The number of carbonyl (C=O) groups is 1. The number of hydrogen-bond acceptors (Lipinski definition) is 7. The molecule has 1 aliphatic carbocycles. The highest BCUT2D eigenvalue weighted by Gasteiger charge is 2.48. The summed E-state index contributed by atoms with van der Waals surface area (Å²) in [5.74, 6) is 2.21. The quantitative estimate of drug-likeness (QED) is 0.228. The molecule has 0 radical (unpaired) electrons. The lowest BCUT2D eigenvalue weighted by Gasteiger charge is -2.56. The average Bonchev–Trinajstić information content (AvgIpc) is 3.52. The molecule has 44 heavy (non-hydrogen) atoms. The first-order valence-electron chi connectivity index (χ1n) is 16.1. The van der Waals surface area contributed by atoms with Crippen molar-refractivity contribution in [1.82, 2.24) is 19.8 Å². The van der Waals surface area contributed by atoms with Gasteiger partial charge in [-0.15, -0.1) is 0 Å². The molecule has 4 heterocycles. The number of methoxy groups -OCH3 is 1. The summed E-state index contributed by atoms with van der Waals surface area (Å²) in [5.41, 5.74) is 5.65. The van der Waals surface area contributed by atoms with E-state index in [1.165, 1.54) is 49.9 Å². The van der Waals surface area contributed by atoms with Crippen molar-refractivity contribution >= 4 is 23.0 Å². The minimum absolute atomic E-state index is 0.484. The Hall–Kier alpha value is -3.88. The molecule has 0 amide bonds. The van der Waals surface area contributed by atoms with Crippen molar-refractivity contribution in [2.75, 3.05) is 51.3 Å². The van der Waals surface area contributed by atoms with Crippen molar-refractivity contribution in [1.29, 1.82) is 0 Å². The van der Waals surface area contributed by atoms with Crippen LogP contribution < -0.4 is 14.4 Å². The number of aryl methyl sites for hydroxylation is 1. The predicted molar refractivity (Wildman–Crippen MR) is 174 cm³/mol. The number of pyridine rings is 1. The number of piperidine rings is 1. The number of rotatable bonds is 9. The molecule has 3 aliphatic rings. The van der Waals surface area contributed by atoms with E-state index in [1.54, 1.807) is 13.3 Å². The third-order valence-electron chi connectivity index (χ3n) is 10.3. The van der Waals surface area contributed by atoms with Crippen molar-refractivity contribution < 1.29 is 14.3 Å². The van der Waals surface area contributed by atoms with E-state index in [0.717, 1.165) is 73.9 Å². The Balaban J connectivity index is 0.904. The monoisotopic (exact) mass is 593 g/mol. The molecular weight excluding hydrogens is 550 g/mol. The van der Waals surface area contributed by atoms with Crippen molar-refractivity contribution in [2.45, 2.75) is 51.6 Å². The smallest absolute Gasteiger partial charge is 0.153 e. The number of nitrogens with zero attached hydrogens (tertiary/aromatic N) is 4. The zero-order valence-corrected chi connectivity index (χ0v) is 25.9. The van der Waals surface area contributed by atoms with Gasteiger partial charge in [-0.25, -0.2) is 4.98 Å². The van der Waals surface area contributed by atoms with Crippen LogP contribution in [-0.4, -0.2) is 78.5 Å². The van der Waals surface area contributed by atoms with E-state index >= 15 is 0 Å². The summed E-state index contributed by atoms with van der Waals surface area (Å²) in [5, 5.41) is 0.979. The van der Waals surface area contributed by atoms with Gasteiger partial charge >= 0.3 is 0 Å². The Bertz CT molecular complexity index is 1610. The largest absolute Gasteiger partial charge is 0.496 e. The molecule has 1 saturated carbocycles. The van der Waals surface area contributed by atoms with E-state index in [4.69, 9.17) is 9.47 Å². The fraction of sp³-hybridized carbons (Fsp3) is 0.444. The van der Waals surface area contributed by atoms with Crippen LogP contribution in [0.5, 0.6) is 17.2 Å². The second-order valence-corrected chi connectivity index (χ2v) is 12.9. The van der Waals surface area contributed by atoms with Gasteiger partial charge in [0, 0.05) is 75.2 Å². The highest BCUT2D eigenvalue weighted by molar-refractivity contribution is 5.81. The van der Waals surface area contributed by atoms with E-state index in [0.29, 0.717) is 22.5 Å². The van der Waals surface area contributed by atoms with Gasteiger partial charge in [0.25, 0.3) is 0 Å². The van der Waals surface area contributed by atoms with Crippen LogP contribution in [-0.2, 0) is 13.0 Å². The second-order valence-electron chi connectivity index (χ2n) is 12.9. The van der Waals surface area contributed by atoms with Gasteiger partial charge in [-0.1, -0.05) is 19.1 Å². The average molecular weight is 594 g/mol. The van der Waals surface area contributed by atoms with Crippen molar-refractivity contribution in [2.24, 2.45) is 5.41 Å². The summed E-state index contributed by atoms with van der Waals surface area (Å²) in [6.45, 7) is 9.91. The van der Waals surface area contributed by atoms with E-state index in [2.05, 4.69) is 55.9 Å². The van der Waals surface area contributed by atoms with Gasteiger partial charge in [-0.2, -0.15) is 0 Å². The first kappa shape index (κ1) is 28.9. The summed E-state index contributed by atoms with van der Waals surface area (Å²) >= 11 is 0. The zero-order valence-electron chi connectivity index (χ0n) is 25.9. The first-order chi connectivity index (χ1) is 21.5. The third-order valence-corrected chi connectivity index (χ3v) is 10.3. The number of ether oxygens (including phenoxy) is 2. The molecule has 230 valence electrons. The van der Waals surface area contributed by atoms with Crippen LogP contribution in [0.1, 0.15) is 54.1 Å². The Morgan fingerprint density at radius 2 is 1.80 bits per heavy atom.